The van der Waals surface area contributed by atoms with E-state index in [1.807, 2.05) is 6.07 Å². The summed E-state index contributed by atoms with van der Waals surface area (Å²) in [4.78, 5) is 10.7. The molecule has 0 fully saturated rings. The zero-order valence-corrected chi connectivity index (χ0v) is 7.80. The van der Waals surface area contributed by atoms with Crippen LogP contribution in [0.4, 0.5) is 0 Å². The lowest BCUT2D eigenvalue weighted by molar-refractivity contribution is 1.00. The number of halogens is 1. The highest BCUT2D eigenvalue weighted by Gasteiger charge is 1.98. The third kappa shape index (κ3) is 1.76. The van der Waals surface area contributed by atoms with Gasteiger partial charge >= 0.3 is 5.56 Å². The maximum Gasteiger partial charge on any atom is 0.316 e. The molecule has 0 radical (unpaired) electrons. The second-order valence-corrected chi connectivity index (χ2v) is 3.10. The Labute approximate surface area is 85.4 Å². The Morgan fingerprint density at radius 2 is 2.21 bits per heavy atom. The van der Waals surface area contributed by atoms with Crippen molar-refractivity contribution in [2.45, 2.75) is 0 Å². The van der Waals surface area contributed by atoms with Gasteiger partial charge in [0.25, 0.3) is 0 Å². The van der Waals surface area contributed by atoms with Crippen LogP contribution in [0.1, 0.15) is 0 Å². The Hall–Kier alpha value is -1.79. The van der Waals surface area contributed by atoms with Gasteiger partial charge in [0.1, 0.15) is 5.69 Å². The number of benzene rings is 1. The van der Waals surface area contributed by atoms with E-state index in [1.165, 1.54) is 0 Å². The molecule has 1 aromatic carbocycles. The number of H-pyrrole nitrogens is 1. The van der Waals surface area contributed by atoms with Crippen molar-refractivity contribution in [3.8, 4) is 11.3 Å². The zero-order chi connectivity index (χ0) is 9.97. The number of aromatic amines is 1. The smallest absolute Gasteiger partial charge is 0.258 e. The van der Waals surface area contributed by atoms with E-state index in [-0.39, 0.29) is 0 Å². The van der Waals surface area contributed by atoms with E-state index in [9.17, 15) is 4.79 Å². The molecule has 2 rings (SSSR count). The fraction of sp³-hybridized carbons (Fsp3) is 0. The van der Waals surface area contributed by atoms with Crippen LogP contribution in [0.2, 0.25) is 5.02 Å². The summed E-state index contributed by atoms with van der Waals surface area (Å²) in [5, 5.41) is 6.70. The Morgan fingerprint density at radius 1 is 1.36 bits per heavy atom. The number of nitrogens with one attached hydrogen (secondary N) is 1. The van der Waals surface area contributed by atoms with Crippen LogP contribution in [0.3, 0.4) is 0 Å². The highest BCUT2D eigenvalue weighted by atomic mass is 35.5. The van der Waals surface area contributed by atoms with E-state index in [4.69, 9.17) is 11.6 Å². The molecule has 3 nitrogen and oxygen atoms in total. The molecule has 1 aromatic heterocycles. The van der Waals surface area contributed by atoms with Crippen molar-refractivity contribution in [3.63, 3.8) is 0 Å². The first-order valence-corrected chi connectivity index (χ1v) is 4.29. The molecule has 0 amide bonds. The summed E-state index contributed by atoms with van der Waals surface area (Å²) < 4.78 is 0. The van der Waals surface area contributed by atoms with Crippen LogP contribution in [-0.4, -0.2) is 10.2 Å². The Bertz CT molecular complexity index is 487. The number of aromatic nitrogens is 2. The fourth-order valence-electron chi connectivity index (χ4n) is 1.05. The predicted octanol–water partition coefficient (Wildman–Crippen LogP) is 1.69. The normalized spacial score (nSPS) is 9.50. The first kappa shape index (κ1) is 8.79. The van der Waals surface area contributed by atoms with Gasteiger partial charge in [-0.3, -0.25) is 4.79 Å². The van der Waals surface area contributed by atoms with E-state index in [0.717, 1.165) is 5.56 Å². The van der Waals surface area contributed by atoms with Gasteiger partial charge in [-0.15, -0.1) is 0 Å². The van der Waals surface area contributed by atoms with Crippen molar-refractivity contribution in [2.24, 2.45) is 0 Å². The average Bonchev–Trinajstić information content (AvgIpc) is 2.19. The van der Waals surface area contributed by atoms with Crippen molar-refractivity contribution in [1.82, 2.24) is 10.2 Å². The molecule has 2 aromatic rings. The standard InChI is InChI=1S/C10H5ClN2O/c11-8-3-1-2-7(6-8)9-4-5-10(14)13-12-9/h1-3,6H,(H,13,14). The molecule has 0 spiro atoms. The molecule has 0 aliphatic carbocycles. The maximum absolute atomic E-state index is 10.7. The third-order valence-corrected chi connectivity index (χ3v) is 1.90. The van der Waals surface area contributed by atoms with Crippen LogP contribution in [-0.2, 0) is 0 Å². The molecule has 0 bridgehead atoms. The molecule has 4 heteroatoms. The Balaban J connectivity index is 2.49. The summed E-state index contributed by atoms with van der Waals surface area (Å²) >= 11 is 5.80. The molecule has 0 atom stereocenters. The summed E-state index contributed by atoms with van der Waals surface area (Å²) in [6.07, 6.45) is 0. The minimum atomic E-state index is -0.393. The molecule has 0 saturated heterocycles. The molecule has 1 N–H and O–H groups in total. The number of hydrogen-bond donors (Lipinski definition) is 1. The van der Waals surface area contributed by atoms with Gasteiger partial charge in [0.05, 0.1) is 0 Å². The molecule has 1 heterocycles. The van der Waals surface area contributed by atoms with Crippen LogP contribution in [0.5, 0.6) is 0 Å². The molecular weight excluding hydrogens is 200 g/mol. The van der Waals surface area contributed by atoms with Gasteiger partial charge in [-0.2, -0.15) is 5.10 Å². The average molecular weight is 205 g/mol. The largest absolute Gasteiger partial charge is 0.316 e. The summed E-state index contributed by atoms with van der Waals surface area (Å²) in [5.74, 6) is 0. The quantitative estimate of drug-likeness (QED) is 0.769. The summed E-state index contributed by atoms with van der Waals surface area (Å²) in [6, 6.07) is 12.2. The van der Waals surface area contributed by atoms with Crippen molar-refractivity contribution in [2.75, 3.05) is 0 Å². The summed E-state index contributed by atoms with van der Waals surface area (Å²) in [7, 11) is 0. The van der Waals surface area contributed by atoms with Gasteiger partial charge in [0.2, 0.25) is 0 Å². The van der Waals surface area contributed by atoms with E-state index in [1.54, 1.807) is 18.2 Å². The predicted molar refractivity (Wildman–Crippen MR) is 53.0 cm³/mol. The van der Waals surface area contributed by atoms with Crippen LogP contribution in [0, 0.1) is 12.1 Å². The maximum atomic E-state index is 10.7. The van der Waals surface area contributed by atoms with E-state index in [2.05, 4.69) is 22.3 Å². The topological polar surface area (TPSA) is 45.8 Å². The van der Waals surface area contributed by atoms with Crippen LogP contribution in [0.25, 0.3) is 11.3 Å². The Kier molecular flexibility index (Phi) is 2.21. The van der Waals surface area contributed by atoms with Gasteiger partial charge in [0.15, 0.2) is 0 Å². The second-order valence-electron chi connectivity index (χ2n) is 2.66. The number of rotatable bonds is 1. The minimum absolute atomic E-state index is 0.393. The molecule has 0 unspecified atom stereocenters. The minimum Gasteiger partial charge on any atom is -0.258 e. The second kappa shape index (κ2) is 3.52. The lowest BCUT2D eigenvalue weighted by atomic mass is 10.2. The van der Waals surface area contributed by atoms with E-state index >= 15 is 0 Å². The number of nitrogens with zero attached hydrogens (tertiary/aromatic N) is 1. The zero-order valence-electron chi connectivity index (χ0n) is 7.04. The molecule has 0 aliphatic rings. The first-order valence-electron chi connectivity index (χ1n) is 3.91. The highest BCUT2D eigenvalue weighted by molar-refractivity contribution is 6.30. The van der Waals surface area contributed by atoms with Gasteiger partial charge in [-0.05, 0) is 18.2 Å². The molecule has 0 saturated carbocycles. The Morgan fingerprint density at radius 3 is 2.86 bits per heavy atom. The van der Waals surface area contributed by atoms with Crippen molar-refractivity contribution >= 4 is 11.6 Å². The van der Waals surface area contributed by atoms with Crippen molar-refractivity contribution in [3.05, 3.63) is 51.8 Å². The van der Waals surface area contributed by atoms with Crippen molar-refractivity contribution in [1.29, 1.82) is 0 Å². The van der Waals surface area contributed by atoms with Crippen molar-refractivity contribution < 1.29 is 0 Å². The third-order valence-electron chi connectivity index (χ3n) is 1.66. The van der Waals surface area contributed by atoms with Crippen LogP contribution < -0.4 is 5.56 Å². The van der Waals surface area contributed by atoms with Gasteiger partial charge in [-0.1, -0.05) is 23.7 Å². The number of hydrogen-bond acceptors (Lipinski definition) is 2. The molecule has 68 valence electrons. The highest BCUT2D eigenvalue weighted by Crippen LogP contribution is 2.17. The van der Waals surface area contributed by atoms with Gasteiger partial charge < -0.3 is 0 Å². The monoisotopic (exact) mass is 204 g/mol. The fourth-order valence-corrected chi connectivity index (χ4v) is 1.24. The summed E-state index contributed by atoms with van der Waals surface area (Å²) in [6.45, 7) is 0. The lowest BCUT2D eigenvalue weighted by Gasteiger charge is -1.96. The molecular formula is C10H5ClN2O. The SMILES string of the molecule is O=c1c#cc(-c2cccc(Cl)c2)n[nH]1. The van der Waals surface area contributed by atoms with Gasteiger partial charge in [0, 0.05) is 16.7 Å². The van der Waals surface area contributed by atoms with Crippen LogP contribution >= 0.6 is 11.6 Å². The van der Waals surface area contributed by atoms with E-state index < -0.39 is 5.56 Å². The van der Waals surface area contributed by atoms with E-state index in [0.29, 0.717) is 10.7 Å². The summed E-state index contributed by atoms with van der Waals surface area (Å²) in [5.41, 5.74) is 0.924. The molecule has 14 heavy (non-hydrogen) atoms. The molecule has 0 aliphatic heterocycles. The van der Waals surface area contributed by atoms with Crippen LogP contribution in [0.15, 0.2) is 29.1 Å². The lowest BCUT2D eigenvalue weighted by Crippen LogP contribution is -2.03. The van der Waals surface area contributed by atoms with Gasteiger partial charge in [-0.25, -0.2) is 5.10 Å². The first-order chi connectivity index (χ1) is 6.75.